The van der Waals surface area contributed by atoms with E-state index in [1.807, 2.05) is 11.3 Å². The van der Waals surface area contributed by atoms with Crippen molar-refractivity contribution in [3.05, 3.63) is 24.3 Å². The zero-order chi connectivity index (χ0) is 13.9. The maximum Gasteiger partial charge on any atom is 0.186 e. The molecule has 108 valence electrons. The molecule has 0 radical (unpaired) electrons. The number of benzene rings is 1. The first-order chi connectivity index (χ1) is 9.78. The SMILES string of the molecule is CCCN(C)C1CCN(c2nc3ccccc3s2)CC1. The summed E-state index contributed by atoms with van der Waals surface area (Å²) >= 11 is 1.82. The molecule has 1 fully saturated rings. The van der Waals surface area contributed by atoms with Crippen molar-refractivity contribution in [2.75, 3.05) is 31.6 Å². The van der Waals surface area contributed by atoms with Gasteiger partial charge < -0.3 is 9.80 Å². The molecule has 1 saturated heterocycles. The Labute approximate surface area is 125 Å². The van der Waals surface area contributed by atoms with Gasteiger partial charge in [-0.25, -0.2) is 4.98 Å². The molecule has 4 heteroatoms. The average molecular weight is 289 g/mol. The van der Waals surface area contributed by atoms with Crippen LogP contribution in [0, 0.1) is 0 Å². The van der Waals surface area contributed by atoms with Gasteiger partial charge in [-0.1, -0.05) is 30.4 Å². The molecule has 1 aromatic carbocycles. The van der Waals surface area contributed by atoms with Crippen molar-refractivity contribution in [1.82, 2.24) is 9.88 Å². The first-order valence-electron chi connectivity index (χ1n) is 7.58. The van der Waals surface area contributed by atoms with Gasteiger partial charge in [0.15, 0.2) is 5.13 Å². The monoisotopic (exact) mass is 289 g/mol. The number of thiazole rings is 1. The predicted molar refractivity (Wildman–Crippen MR) is 87.8 cm³/mol. The van der Waals surface area contributed by atoms with Gasteiger partial charge in [0, 0.05) is 19.1 Å². The number of anilines is 1. The second-order valence-electron chi connectivity index (χ2n) is 5.66. The quantitative estimate of drug-likeness (QED) is 0.857. The maximum absolute atomic E-state index is 4.77. The molecule has 0 atom stereocenters. The summed E-state index contributed by atoms with van der Waals surface area (Å²) in [5.41, 5.74) is 1.14. The number of para-hydroxylation sites is 1. The summed E-state index contributed by atoms with van der Waals surface area (Å²) in [4.78, 5) is 9.76. The lowest BCUT2D eigenvalue weighted by Crippen LogP contribution is -2.43. The van der Waals surface area contributed by atoms with Gasteiger partial charge in [0.1, 0.15) is 0 Å². The Balaban J connectivity index is 1.65. The Morgan fingerprint density at radius 2 is 2.05 bits per heavy atom. The van der Waals surface area contributed by atoms with Crippen LogP contribution in [0.4, 0.5) is 5.13 Å². The van der Waals surface area contributed by atoms with E-state index in [1.165, 1.54) is 35.6 Å². The molecule has 0 saturated carbocycles. The fraction of sp³-hybridized carbons (Fsp3) is 0.562. The van der Waals surface area contributed by atoms with Crippen LogP contribution in [-0.2, 0) is 0 Å². The van der Waals surface area contributed by atoms with Crippen molar-refractivity contribution in [3.8, 4) is 0 Å². The van der Waals surface area contributed by atoms with Gasteiger partial charge >= 0.3 is 0 Å². The second kappa shape index (κ2) is 6.10. The van der Waals surface area contributed by atoms with E-state index in [2.05, 4.69) is 48.0 Å². The minimum absolute atomic E-state index is 0.751. The molecule has 0 bridgehead atoms. The molecule has 1 aliphatic heterocycles. The van der Waals surface area contributed by atoms with Crippen LogP contribution in [0.25, 0.3) is 10.2 Å². The van der Waals surface area contributed by atoms with Gasteiger partial charge in [0.25, 0.3) is 0 Å². The summed E-state index contributed by atoms with van der Waals surface area (Å²) in [5.74, 6) is 0. The van der Waals surface area contributed by atoms with E-state index in [-0.39, 0.29) is 0 Å². The van der Waals surface area contributed by atoms with E-state index >= 15 is 0 Å². The number of piperidine rings is 1. The third kappa shape index (κ3) is 2.81. The molecule has 0 amide bonds. The van der Waals surface area contributed by atoms with E-state index in [0.717, 1.165) is 24.6 Å². The number of rotatable bonds is 4. The Morgan fingerprint density at radius 1 is 1.30 bits per heavy atom. The summed E-state index contributed by atoms with van der Waals surface area (Å²) in [6.07, 6.45) is 3.76. The normalized spacial score (nSPS) is 17.2. The van der Waals surface area contributed by atoms with Crippen molar-refractivity contribution in [3.63, 3.8) is 0 Å². The Kier molecular flexibility index (Phi) is 4.22. The largest absolute Gasteiger partial charge is 0.348 e. The molecule has 20 heavy (non-hydrogen) atoms. The molecule has 0 N–H and O–H groups in total. The molecule has 0 unspecified atom stereocenters. The molecular weight excluding hydrogens is 266 g/mol. The van der Waals surface area contributed by atoms with Crippen molar-refractivity contribution in [1.29, 1.82) is 0 Å². The molecule has 2 aromatic rings. The third-order valence-electron chi connectivity index (χ3n) is 4.22. The van der Waals surface area contributed by atoms with Crippen LogP contribution in [0.5, 0.6) is 0 Å². The number of aromatic nitrogens is 1. The highest BCUT2D eigenvalue weighted by Crippen LogP contribution is 2.30. The summed E-state index contributed by atoms with van der Waals surface area (Å²) in [7, 11) is 2.27. The second-order valence-corrected chi connectivity index (χ2v) is 6.67. The molecular formula is C16H23N3S. The smallest absolute Gasteiger partial charge is 0.186 e. The zero-order valence-corrected chi connectivity index (χ0v) is 13.2. The summed E-state index contributed by atoms with van der Waals surface area (Å²) in [6.45, 7) is 5.75. The fourth-order valence-corrected chi connectivity index (χ4v) is 4.05. The summed E-state index contributed by atoms with van der Waals surface area (Å²) < 4.78 is 1.30. The lowest BCUT2D eigenvalue weighted by molar-refractivity contribution is 0.208. The van der Waals surface area contributed by atoms with Crippen LogP contribution in [0.1, 0.15) is 26.2 Å². The number of hydrogen-bond donors (Lipinski definition) is 0. The van der Waals surface area contributed by atoms with E-state index in [0.29, 0.717) is 0 Å². The Bertz CT molecular complexity index is 525. The third-order valence-corrected chi connectivity index (χ3v) is 5.31. The highest BCUT2D eigenvalue weighted by molar-refractivity contribution is 7.22. The molecule has 3 rings (SSSR count). The minimum Gasteiger partial charge on any atom is -0.348 e. The number of fused-ring (bicyclic) bond motifs is 1. The van der Waals surface area contributed by atoms with Crippen molar-refractivity contribution >= 4 is 26.7 Å². The van der Waals surface area contributed by atoms with Gasteiger partial charge in [0.05, 0.1) is 10.2 Å². The van der Waals surface area contributed by atoms with E-state index in [9.17, 15) is 0 Å². The van der Waals surface area contributed by atoms with Crippen LogP contribution in [-0.4, -0.2) is 42.6 Å². The molecule has 0 spiro atoms. The van der Waals surface area contributed by atoms with Gasteiger partial charge in [-0.3, -0.25) is 0 Å². The summed E-state index contributed by atoms with van der Waals surface area (Å²) in [5, 5.41) is 1.20. The maximum atomic E-state index is 4.77. The van der Waals surface area contributed by atoms with Gasteiger partial charge in [-0.15, -0.1) is 0 Å². The van der Waals surface area contributed by atoms with Crippen molar-refractivity contribution in [2.45, 2.75) is 32.2 Å². The first kappa shape index (κ1) is 13.8. The highest BCUT2D eigenvalue weighted by Gasteiger charge is 2.23. The zero-order valence-electron chi connectivity index (χ0n) is 12.4. The van der Waals surface area contributed by atoms with E-state index in [1.54, 1.807) is 0 Å². The minimum atomic E-state index is 0.751. The van der Waals surface area contributed by atoms with Crippen molar-refractivity contribution < 1.29 is 0 Å². The van der Waals surface area contributed by atoms with Crippen LogP contribution in [0.2, 0.25) is 0 Å². The van der Waals surface area contributed by atoms with Crippen LogP contribution < -0.4 is 4.90 Å². The molecule has 3 nitrogen and oxygen atoms in total. The van der Waals surface area contributed by atoms with Crippen molar-refractivity contribution in [2.24, 2.45) is 0 Å². The van der Waals surface area contributed by atoms with Gasteiger partial charge in [0.2, 0.25) is 0 Å². The van der Waals surface area contributed by atoms with Gasteiger partial charge in [-0.2, -0.15) is 0 Å². The average Bonchev–Trinajstić information content (AvgIpc) is 2.91. The summed E-state index contributed by atoms with van der Waals surface area (Å²) in [6, 6.07) is 9.18. The van der Waals surface area contributed by atoms with Crippen LogP contribution >= 0.6 is 11.3 Å². The number of nitrogens with zero attached hydrogens (tertiary/aromatic N) is 3. The Hall–Kier alpha value is -1.13. The first-order valence-corrected chi connectivity index (χ1v) is 8.40. The molecule has 1 aromatic heterocycles. The Morgan fingerprint density at radius 3 is 2.75 bits per heavy atom. The van der Waals surface area contributed by atoms with Gasteiger partial charge in [-0.05, 0) is 45.0 Å². The highest BCUT2D eigenvalue weighted by atomic mass is 32.1. The molecule has 2 heterocycles. The predicted octanol–water partition coefficient (Wildman–Crippen LogP) is 3.61. The van der Waals surface area contributed by atoms with Crippen LogP contribution in [0.3, 0.4) is 0 Å². The molecule has 1 aliphatic rings. The molecule has 0 aliphatic carbocycles. The van der Waals surface area contributed by atoms with E-state index in [4.69, 9.17) is 4.98 Å². The van der Waals surface area contributed by atoms with E-state index < -0.39 is 0 Å². The lowest BCUT2D eigenvalue weighted by Gasteiger charge is -2.36. The fourth-order valence-electron chi connectivity index (χ4n) is 3.03. The van der Waals surface area contributed by atoms with Crippen LogP contribution in [0.15, 0.2) is 24.3 Å². The topological polar surface area (TPSA) is 19.4 Å². The number of hydrogen-bond acceptors (Lipinski definition) is 4. The standard InChI is InChI=1S/C16H23N3S/c1-3-10-18(2)13-8-11-19(12-9-13)16-17-14-6-4-5-7-15(14)20-16/h4-7,13H,3,8-12H2,1-2H3. The lowest BCUT2D eigenvalue weighted by atomic mass is 10.0.